The molecule has 0 amide bonds. The summed E-state index contributed by atoms with van der Waals surface area (Å²) in [6, 6.07) is 4.21. The first-order chi connectivity index (χ1) is 7.97. The van der Waals surface area contributed by atoms with Gasteiger partial charge in [-0.15, -0.1) is 11.6 Å². The SMILES string of the molecule is O=C(CCl)Cc1cccc(C(O)C(=O)O)c1O. The lowest BCUT2D eigenvalue weighted by atomic mass is 10.0. The highest BCUT2D eigenvalue weighted by molar-refractivity contribution is 6.27. The molecule has 1 aromatic carbocycles. The first-order valence-electron chi connectivity index (χ1n) is 4.76. The zero-order valence-corrected chi connectivity index (χ0v) is 9.52. The fourth-order valence-electron chi connectivity index (χ4n) is 1.37. The summed E-state index contributed by atoms with van der Waals surface area (Å²) in [6.07, 6.45) is -1.92. The number of halogens is 1. The largest absolute Gasteiger partial charge is 0.507 e. The molecule has 1 atom stereocenters. The van der Waals surface area contributed by atoms with Crippen molar-refractivity contribution in [3.05, 3.63) is 29.3 Å². The number of benzene rings is 1. The van der Waals surface area contributed by atoms with Crippen molar-refractivity contribution in [2.45, 2.75) is 12.5 Å². The first-order valence-corrected chi connectivity index (χ1v) is 5.30. The maximum atomic E-state index is 11.1. The van der Waals surface area contributed by atoms with Crippen LogP contribution in [0, 0.1) is 0 Å². The van der Waals surface area contributed by atoms with Crippen molar-refractivity contribution in [2.24, 2.45) is 0 Å². The van der Waals surface area contributed by atoms with Crippen LogP contribution in [0.3, 0.4) is 0 Å². The van der Waals surface area contributed by atoms with E-state index in [2.05, 4.69) is 0 Å². The van der Waals surface area contributed by atoms with E-state index in [4.69, 9.17) is 16.7 Å². The number of hydrogen-bond acceptors (Lipinski definition) is 4. The zero-order valence-electron chi connectivity index (χ0n) is 8.76. The van der Waals surface area contributed by atoms with Gasteiger partial charge in [-0.05, 0) is 0 Å². The molecule has 17 heavy (non-hydrogen) atoms. The van der Waals surface area contributed by atoms with Gasteiger partial charge in [-0.3, -0.25) is 4.79 Å². The number of carboxylic acids is 1. The van der Waals surface area contributed by atoms with Crippen molar-refractivity contribution in [1.82, 2.24) is 0 Å². The molecule has 0 aromatic heterocycles. The number of aliphatic carboxylic acids is 1. The Hall–Kier alpha value is -1.59. The minimum absolute atomic E-state index is 0.102. The summed E-state index contributed by atoms with van der Waals surface area (Å²) in [5.41, 5.74) is 0.103. The predicted octanol–water partition coefficient (Wildman–Crippen LogP) is 0.861. The summed E-state index contributed by atoms with van der Waals surface area (Å²) in [4.78, 5) is 21.7. The Labute approximate surface area is 102 Å². The van der Waals surface area contributed by atoms with Crippen LogP contribution >= 0.6 is 11.6 Å². The van der Waals surface area contributed by atoms with Gasteiger partial charge in [-0.25, -0.2) is 4.79 Å². The summed E-state index contributed by atoms with van der Waals surface area (Å²) in [5, 5.41) is 27.7. The molecule has 0 heterocycles. The number of Topliss-reactive ketones (excluding diaryl/α,β-unsaturated/α-hetero) is 1. The molecule has 6 heteroatoms. The molecule has 0 aliphatic rings. The number of hydrogen-bond donors (Lipinski definition) is 3. The van der Waals surface area contributed by atoms with E-state index in [1.54, 1.807) is 0 Å². The van der Waals surface area contributed by atoms with Crippen molar-refractivity contribution in [2.75, 3.05) is 5.88 Å². The number of carbonyl (C=O) groups excluding carboxylic acids is 1. The molecule has 0 fully saturated rings. The third-order valence-corrected chi connectivity index (χ3v) is 2.51. The van der Waals surface area contributed by atoms with E-state index in [-0.39, 0.29) is 35.0 Å². The van der Waals surface area contributed by atoms with Gasteiger partial charge < -0.3 is 15.3 Å². The smallest absolute Gasteiger partial charge is 0.337 e. The number of ketones is 1. The topological polar surface area (TPSA) is 94.8 Å². The molecule has 0 saturated carbocycles. The number of phenols is 1. The minimum Gasteiger partial charge on any atom is -0.507 e. The number of aliphatic hydroxyl groups is 1. The van der Waals surface area contributed by atoms with Gasteiger partial charge in [0, 0.05) is 17.5 Å². The van der Waals surface area contributed by atoms with Crippen molar-refractivity contribution >= 4 is 23.4 Å². The van der Waals surface area contributed by atoms with Crippen LogP contribution in [0.25, 0.3) is 0 Å². The van der Waals surface area contributed by atoms with Crippen LogP contribution in [0.15, 0.2) is 18.2 Å². The van der Waals surface area contributed by atoms with Gasteiger partial charge >= 0.3 is 5.97 Å². The number of aromatic hydroxyl groups is 1. The lowest BCUT2D eigenvalue weighted by Gasteiger charge is -2.11. The molecule has 0 spiro atoms. The fraction of sp³-hybridized carbons (Fsp3) is 0.273. The van der Waals surface area contributed by atoms with Crippen LogP contribution < -0.4 is 0 Å². The van der Waals surface area contributed by atoms with Crippen LogP contribution in [-0.4, -0.2) is 33.0 Å². The molecule has 0 bridgehead atoms. The quantitative estimate of drug-likeness (QED) is 0.681. The van der Waals surface area contributed by atoms with E-state index in [0.29, 0.717) is 0 Å². The molecule has 3 N–H and O–H groups in total. The number of rotatable bonds is 5. The van der Waals surface area contributed by atoms with E-state index in [1.165, 1.54) is 18.2 Å². The number of alkyl halides is 1. The van der Waals surface area contributed by atoms with Gasteiger partial charge in [0.25, 0.3) is 0 Å². The number of carboxylic acid groups (broad SMARTS) is 1. The van der Waals surface area contributed by atoms with Gasteiger partial charge in [0.15, 0.2) is 11.9 Å². The summed E-state index contributed by atoms with van der Waals surface area (Å²) in [5.74, 6) is -2.35. The van der Waals surface area contributed by atoms with Gasteiger partial charge in [0.1, 0.15) is 5.75 Å². The van der Waals surface area contributed by atoms with Gasteiger partial charge in [-0.1, -0.05) is 18.2 Å². The van der Waals surface area contributed by atoms with Crippen LogP contribution in [0.4, 0.5) is 0 Å². The molecule has 5 nitrogen and oxygen atoms in total. The Morgan fingerprint density at radius 2 is 2.00 bits per heavy atom. The summed E-state index contributed by atoms with van der Waals surface area (Å²) in [6.45, 7) is 0. The van der Waals surface area contributed by atoms with E-state index < -0.39 is 12.1 Å². The molecule has 0 aliphatic carbocycles. The zero-order chi connectivity index (χ0) is 13.0. The van der Waals surface area contributed by atoms with Crippen molar-refractivity contribution in [3.8, 4) is 5.75 Å². The number of phenolic OH excluding ortho intramolecular Hbond substituents is 1. The molecule has 0 radical (unpaired) electrons. The lowest BCUT2D eigenvalue weighted by Crippen LogP contribution is -2.12. The molecule has 0 aliphatic heterocycles. The van der Waals surface area contributed by atoms with E-state index >= 15 is 0 Å². The normalized spacial score (nSPS) is 12.1. The predicted molar refractivity (Wildman–Crippen MR) is 60.1 cm³/mol. The molecule has 1 aromatic rings. The maximum absolute atomic E-state index is 11.1. The van der Waals surface area contributed by atoms with Crippen molar-refractivity contribution < 1.29 is 24.9 Å². The highest BCUT2D eigenvalue weighted by atomic mass is 35.5. The molecule has 0 saturated heterocycles. The standard InChI is InChI=1S/C11H11ClO5/c12-5-7(13)4-6-2-1-3-8(9(6)14)10(15)11(16)17/h1-3,10,14-15H,4-5H2,(H,16,17). The Morgan fingerprint density at radius 1 is 1.35 bits per heavy atom. The number of aliphatic hydroxyl groups excluding tert-OH is 1. The Bertz CT molecular complexity index is 443. The van der Waals surface area contributed by atoms with Gasteiger partial charge in [0.05, 0.1) is 5.88 Å². The highest BCUT2D eigenvalue weighted by Crippen LogP contribution is 2.28. The number of carbonyl (C=O) groups is 2. The second-order valence-corrected chi connectivity index (χ2v) is 3.71. The fourth-order valence-corrected chi connectivity index (χ4v) is 1.46. The third kappa shape index (κ3) is 3.18. The van der Waals surface area contributed by atoms with Crippen LogP contribution in [0.5, 0.6) is 5.75 Å². The van der Waals surface area contributed by atoms with Crippen molar-refractivity contribution in [3.63, 3.8) is 0 Å². The molecular formula is C11H11ClO5. The van der Waals surface area contributed by atoms with E-state index in [1.807, 2.05) is 0 Å². The molecular weight excluding hydrogens is 248 g/mol. The molecule has 92 valence electrons. The summed E-state index contributed by atoms with van der Waals surface area (Å²) >= 11 is 5.33. The monoisotopic (exact) mass is 258 g/mol. The Balaban J connectivity index is 3.07. The van der Waals surface area contributed by atoms with Gasteiger partial charge in [0.2, 0.25) is 0 Å². The maximum Gasteiger partial charge on any atom is 0.337 e. The second kappa shape index (κ2) is 5.65. The minimum atomic E-state index is -1.82. The van der Waals surface area contributed by atoms with Crippen molar-refractivity contribution in [1.29, 1.82) is 0 Å². The second-order valence-electron chi connectivity index (χ2n) is 3.44. The van der Waals surface area contributed by atoms with Crippen LogP contribution in [-0.2, 0) is 16.0 Å². The highest BCUT2D eigenvalue weighted by Gasteiger charge is 2.21. The van der Waals surface area contributed by atoms with Crippen LogP contribution in [0.2, 0.25) is 0 Å². The summed E-state index contributed by atoms with van der Waals surface area (Å²) < 4.78 is 0. The van der Waals surface area contributed by atoms with Gasteiger partial charge in [-0.2, -0.15) is 0 Å². The summed E-state index contributed by atoms with van der Waals surface area (Å²) in [7, 11) is 0. The van der Waals surface area contributed by atoms with E-state index in [9.17, 15) is 19.8 Å². The average Bonchev–Trinajstić information content (AvgIpc) is 2.30. The molecule has 1 unspecified atom stereocenters. The number of para-hydroxylation sites is 1. The third-order valence-electron chi connectivity index (χ3n) is 2.22. The molecule has 1 rings (SSSR count). The Kier molecular flexibility index (Phi) is 4.48. The first kappa shape index (κ1) is 13.5. The van der Waals surface area contributed by atoms with Crippen LogP contribution in [0.1, 0.15) is 17.2 Å². The average molecular weight is 259 g/mol. The lowest BCUT2D eigenvalue weighted by molar-refractivity contribution is -0.147. The van der Waals surface area contributed by atoms with E-state index in [0.717, 1.165) is 0 Å². The Morgan fingerprint density at radius 3 is 2.53 bits per heavy atom.